The molecule has 0 aliphatic heterocycles. The number of hydrogen-bond donors (Lipinski definition) is 4. The summed E-state index contributed by atoms with van der Waals surface area (Å²) in [6.07, 6.45) is 1.62. The molecule has 1 heterocycles. The maximum atomic E-state index is 12.0. The normalized spacial score (nSPS) is 10.6. The molecular weight excluding hydrogens is 256 g/mol. The van der Waals surface area contributed by atoms with Gasteiger partial charge in [0.05, 0.1) is 5.56 Å². The average molecular weight is 274 g/mol. The number of aromatic nitrogens is 1. The SMILES string of the molecule is CC(C)CNC(=O)NNC(=O)c1c[nH]c2ccccc12. The molecule has 0 fully saturated rings. The van der Waals surface area contributed by atoms with E-state index in [2.05, 4.69) is 21.2 Å². The van der Waals surface area contributed by atoms with Gasteiger partial charge in [-0.2, -0.15) is 0 Å². The number of nitrogens with one attached hydrogen (secondary N) is 4. The number of hydrogen-bond acceptors (Lipinski definition) is 2. The number of urea groups is 1. The Kier molecular flexibility index (Phi) is 4.24. The van der Waals surface area contributed by atoms with Crippen LogP contribution in [-0.4, -0.2) is 23.5 Å². The van der Waals surface area contributed by atoms with Crippen LogP contribution in [-0.2, 0) is 0 Å². The molecule has 0 bridgehead atoms. The van der Waals surface area contributed by atoms with Crippen molar-refractivity contribution in [2.45, 2.75) is 13.8 Å². The predicted octanol–water partition coefficient (Wildman–Crippen LogP) is 1.77. The third kappa shape index (κ3) is 3.28. The molecule has 4 N–H and O–H groups in total. The van der Waals surface area contributed by atoms with Crippen molar-refractivity contribution >= 4 is 22.8 Å². The van der Waals surface area contributed by atoms with Crippen LogP contribution in [0.15, 0.2) is 30.5 Å². The second kappa shape index (κ2) is 6.10. The van der Waals surface area contributed by atoms with E-state index in [-0.39, 0.29) is 5.91 Å². The fourth-order valence-electron chi connectivity index (χ4n) is 1.78. The van der Waals surface area contributed by atoms with Crippen molar-refractivity contribution in [1.29, 1.82) is 0 Å². The lowest BCUT2D eigenvalue weighted by atomic mass is 10.2. The Morgan fingerprint density at radius 2 is 1.95 bits per heavy atom. The van der Waals surface area contributed by atoms with Crippen LogP contribution < -0.4 is 16.2 Å². The van der Waals surface area contributed by atoms with Gasteiger partial charge in [0.15, 0.2) is 0 Å². The number of rotatable bonds is 3. The number of fused-ring (bicyclic) bond motifs is 1. The largest absolute Gasteiger partial charge is 0.360 e. The summed E-state index contributed by atoms with van der Waals surface area (Å²) >= 11 is 0. The van der Waals surface area contributed by atoms with E-state index < -0.39 is 6.03 Å². The van der Waals surface area contributed by atoms with Crippen LogP contribution in [0.25, 0.3) is 10.9 Å². The van der Waals surface area contributed by atoms with E-state index in [0.717, 1.165) is 10.9 Å². The molecule has 20 heavy (non-hydrogen) atoms. The summed E-state index contributed by atoms with van der Waals surface area (Å²) in [4.78, 5) is 26.4. The molecule has 1 aromatic heterocycles. The molecule has 0 aliphatic carbocycles. The van der Waals surface area contributed by atoms with Gasteiger partial charge in [0.1, 0.15) is 0 Å². The number of aromatic amines is 1. The van der Waals surface area contributed by atoms with E-state index in [4.69, 9.17) is 0 Å². The average Bonchev–Trinajstić information content (AvgIpc) is 2.86. The summed E-state index contributed by atoms with van der Waals surface area (Å²) in [5.74, 6) is -0.00721. The van der Waals surface area contributed by atoms with Gasteiger partial charge in [0.2, 0.25) is 0 Å². The smallest absolute Gasteiger partial charge is 0.333 e. The summed E-state index contributed by atoms with van der Waals surface area (Å²) in [6, 6.07) is 7.05. The van der Waals surface area contributed by atoms with Crippen LogP contribution in [0.4, 0.5) is 4.79 Å². The topological polar surface area (TPSA) is 86.0 Å². The minimum absolute atomic E-state index is 0.352. The van der Waals surface area contributed by atoms with Gasteiger partial charge in [-0.1, -0.05) is 32.0 Å². The van der Waals surface area contributed by atoms with Gasteiger partial charge in [-0.15, -0.1) is 0 Å². The lowest BCUT2D eigenvalue weighted by molar-refractivity contribution is 0.0938. The zero-order valence-corrected chi connectivity index (χ0v) is 11.5. The van der Waals surface area contributed by atoms with Crippen molar-refractivity contribution in [3.05, 3.63) is 36.0 Å². The maximum Gasteiger partial charge on any atom is 0.333 e. The maximum absolute atomic E-state index is 12.0. The number of hydrazine groups is 1. The molecule has 0 atom stereocenters. The number of amides is 3. The highest BCUT2D eigenvalue weighted by molar-refractivity contribution is 6.06. The third-order valence-electron chi connectivity index (χ3n) is 2.79. The van der Waals surface area contributed by atoms with Crippen molar-refractivity contribution in [2.24, 2.45) is 5.92 Å². The molecule has 6 heteroatoms. The predicted molar refractivity (Wildman–Crippen MR) is 77.1 cm³/mol. The van der Waals surface area contributed by atoms with Crippen LogP contribution >= 0.6 is 0 Å². The molecule has 0 saturated carbocycles. The van der Waals surface area contributed by atoms with Gasteiger partial charge >= 0.3 is 6.03 Å². The minimum Gasteiger partial charge on any atom is -0.360 e. The van der Waals surface area contributed by atoms with Crippen LogP contribution in [0, 0.1) is 5.92 Å². The molecule has 0 spiro atoms. The Morgan fingerprint density at radius 1 is 1.20 bits per heavy atom. The second-order valence-electron chi connectivity index (χ2n) is 4.93. The van der Waals surface area contributed by atoms with E-state index in [9.17, 15) is 9.59 Å². The van der Waals surface area contributed by atoms with Crippen LogP contribution in [0.2, 0.25) is 0 Å². The van der Waals surface area contributed by atoms with E-state index in [1.165, 1.54) is 0 Å². The summed E-state index contributed by atoms with van der Waals surface area (Å²) in [7, 11) is 0. The standard InChI is InChI=1S/C14H18N4O2/c1-9(2)7-16-14(20)18-17-13(19)11-8-15-12-6-4-3-5-10(11)12/h3-6,8-9,15H,7H2,1-2H3,(H,17,19)(H2,16,18,20). The van der Waals surface area contributed by atoms with Gasteiger partial charge in [-0.25, -0.2) is 10.2 Å². The zero-order valence-electron chi connectivity index (χ0n) is 11.5. The highest BCUT2D eigenvalue weighted by atomic mass is 16.2. The first-order valence-electron chi connectivity index (χ1n) is 6.48. The van der Waals surface area contributed by atoms with E-state index >= 15 is 0 Å². The molecule has 3 amide bonds. The number of H-pyrrole nitrogens is 1. The Hall–Kier alpha value is -2.50. The molecule has 0 saturated heterocycles. The lowest BCUT2D eigenvalue weighted by Gasteiger charge is -2.10. The Labute approximate surface area is 116 Å². The fourth-order valence-corrected chi connectivity index (χ4v) is 1.78. The van der Waals surface area contributed by atoms with Gasteiger partial charge in [-0.05, 0) is 12.0 Å². The summed E-state index contributed by atoms with van der Waals surface area (Å²) in [5.41, 5.74) is 6.07. The highest BCUT2D eigenvalue weighted by Crippen LogP contribution is 2.16. The summed E-state index contributed by atoms with van der Waals surface area (Å²) in [6.45, 7) is 4.53. The van der Waals surface area contributed by atoms with Crippen molar-refractivity contribution in [3.63, 3.8) is 0 Å². The first-order valence-corrected chi connectivity index (χ1v) is 6.48. The van der Waals surface area contributed by atoms with Crippen LogP contribution in [0.3, 0.4) is 0 Å². The van der Waals surface area contributed by atoms with E-state index in [1.807, 2.05) is 38.1 Å². The quantitative estimate of drug-likeness (QED) is 0.643. The molecule has 0 aliphatic rings. The summed E-state index contributed by atoms with van der Waals surface area (Å²) in [5, 5.41) is 3.46. The van der Waals surface area contributed by atoms with Crippen molar-refractivity contribution in [3.8, 4) is 0 Å². The summed E-state index contributed by atoms with van der Waals surface area (Å²) < 4.78 is 0. The molecular formula is C14H18N4O2. The molecule has 1 aromatic carbocycles. The molecule has 2 aromatic rings. The molecule has 2 rings (SSSR count). The lowest BCUT2D eigenvalue weighted by Crippen LogP contribution is -2.47. The van der Waals surface area contributed by atoms with Gasteiger partial charge < -0.3 is 10.3 Å². The highest BCUT2D eigenvalue weighted by Gasteiger charge is 2.12. The molecule has 6 nitrogen and oxygen atoms in total. The number of benzene rings is 1. The first kappa shape index (κ1) is 13.9. The van der Waals surface area contributed by atoms with Gasteiger partial charge in [-0.3, -0.25) is 10.2 Å². The number of carbonyl (C=O) groups is 2. The van der Waals surface area contributed by atoms with Crippen molar-refractivity contribution in [1.82, 2.24) is 21.2 Å². The fraction of sp³-hybridized carbons (Fsp3) is 0.286. The van der Waals surface area contributed by atoms with Crippen LogP contribution in [0.1, 0.15) is 24.2 Å². The monoisotopic (exact) mass is 274 g/mol. The van der Waals surface area contributed by atoms with Crippen LogP contribution in [0.5, 0.6) is 0 Å². The molecule has 106 valence electrons. The van der Waals surface area contributed by atoms with Gasteiger partial charge in [0, 0.05) is 23.6 Å². The Morgan fingerprint density at radius 3 is 2.70 bits per heavy atom. The molecule has 0 radical (unpaired) electrons. The third-order valence-corrected chi connectivity index (χ3v) is 2.79. The van der Waals surface area contributed by atoms with E-state index in [0.29, 0.717) is 18.0 Å². The zero-order chi connectivity index (χ0) is 14.5. The Bertz CT molecular complexity index is 618. The van der Waals surface area contributed by atoms with Crippen molar-refractivity contribution < 1.29 is 9.59 Å². The minimum atomic E-state index is -0.424. The second-order valence-corrected chi connectivity index (χ2v) is 4.93. The van der Waals surface area contributed by atoms with Gasteiger partial charge in [0.25, 0.3) is 5.91 Å². The number of carbonyl (C=O) groups excluding carboxylic acids is 2. The van der Waals surface area contributed by atoms with E-state index in [1.54, 1.807) is 6.20 Å². The Balaban J connectivity index is 1.94. The first-order chi connectivity index (χ1) is 9.58. The number of para-hydroxylation sites is 1. The molecule has 0 unspecified atom stereocenters. The van der Waals surface area contributed by atoms with Crippen molar-refractivity contribution in [2.75, 3.05) is 6.54 Å².